The van der Waals surface area contributed by atoms with Gasteiger partial charge in [-0.05, 0) is 117 Å². The van der Waals surface area contributed by atoms with Crippen LogP contribution in [0.1, 0.15) is 49.7 Å². The fourth-order valence-corrected chi connectivity index (χ4v) is 8.01. The normalized spacial score (nSPS) is 13.6. The van der Waals surface area contributed by atoms with Crippen molar-refractivity contribution in [2.24, 2.45) is 0 Å². The van der Waals surface area contributed by atoms with Gasteiger partial charge in [-0.1, -0.05) is 30.4 Å². The first kappa shape index (κ1) is 41.7. The Labute approximate surface area is 341 Å². The molecule has 0 amide bonds. The van der Waals surface area contributed by atoms with E-state index in [1.807, 2.05) is 72.8 Å². The Kier molecular flexibility index (Phi) is 15.7. The molecule has 1 fully saturated rings. The van der Waals surface area contributed by atoms with E-state index in [0.717, 1.165) is 115 Å². The molecule has 1 aliphatic rings. The molecule has 0 spiro atoms. The van der Waals surface area contributed by atoms with Crippen LogP contribution in [0, 0.1) is 0 Å². The third-order valence-corrected chi connectivity index (χ3v) is 11.4. The number of fused-ring (bicyclic) bond motifs is 1. The SMILES string of the molecule is COc1cc(-c2nc3ccccc3s2)ccc1OCCCCCN1CCN(CCCCCOc2cc(/C=C\c3cc(OC)c(OC)c(OC)c3)ccc2OC)CC1. The summed E-state index contributed by atoms with van der Waals surface area (Å²) >= 11 is 1.69. The lowest BCUT2D eigenvalue weighted by Gasteiger charge is -2.34. The van der Waals surface area contributed by atoms with Crippen LogP contribution in [0.25, 0.3) is 32.9 Å². The molecule has 0 N–H and O–H groups in total. The largest absolute Gasteiger partial charge is 0.493 e. The Balaban J connectivity index is 0.830. The van der Waals surface area contributed by atoms with Gasteiger partial charge in [0, 0.05) is 31.7 Å². The van der Waals surface area contributed by atoms with Gasteiger partial charge in [0.2, 0.25) is 5.75 Å². The number of hydrogen-bond donors (Lipinski definition) is 0. The second-order valence-electron chi connectivity index (χ2n) is 14.1. The standard InChI is InChI=1S/C46H57N3O7S/c1-50-38-20-18-34(16-17-35-31-42(52-3)45(54-5)43(32-35)53-4)30-41(38)56-29-13-7-11-23-49-26-24-48(25-27-49)22-10-6-12-28-55-39-21-19-36(33-40(39)51-2)46-47-37-14-8-9-15-44(37)57-46/h8-9,14-21,30-33H,6-7,10-13,22-29H2,1-5H3/b17-16-. The van der Waals surface area contributed by atoms with Gasteiger partial charge < -0.3 is 43.0 Å². The molecule has 0 atom stereocenters. The molecule has 57 heavy (non-hydrogen) atoms. The zero-order valence-corrected chi connectivity index (χ0v) is 34.9. The Hall–Kier alpha value is -4.97. The van der Waals surface area contributed by atoms with Gasteiger partial charge >= 0.3 is 0 Å². The third-order valence-electron chi connectivity index (χ3n) is 10.3. The summed E-state index contributed by atoms with van der Waals surface area (Å²) in [7, 11) is 8.21. The quantitative estimate of drug-likeness (QED) is 0.0499. The Bertz CT molecular complexity index is 1980. The number of hydrogen-bond acceptors (Lipinski definition) is 11. The number of piperazine rings is 1. The molecule has 1 aromatic heterocycles. The van der Waals surface area contributed by atoms with Crippen LogP contribution in [0.3, 0.4) is 0 Å². The van der Waals surface area contributed by atoms with Crippen molar-refractivity contribution in [3.05, 3.63) is 83.9 Å². The molecule has 11 heteroatoms. The number of rotatable bonds is 22. The lowest BCUT2D eigenvalue weighted by Crippen LogP contribution is -2.46. The van der Waals surface area contributed by atoms with Crippen molar-refractivity contribution in [3.8, 4) is 50.8 Å². The minimum Gasteiger partial charge on any atom is -0.493 e. The van der Waals surface area contributed by atoms with E-state index in [4.69, 9.17) is 38.1 Å². The molecule has 4 aromatic carbocycles. The molecule has 304 valence electrons. The van der Waals surface area contributed by atoms with Gasteiger partial charge in [0.1, 0.15) is 5.01 Å². The van der Waals surface area contributed by atoms with Crippen LogP contribution >= 0.6 is 11.3 Å². The number of ether oxygens (including phenoxy) is 7. The summed E-state index contributed by atoms with van der Waals surface area (Å²) in [4.78, 5) is 10.00. The highest BCUT2D eigenvalue weighted by molar-refractivity contribution is 7.21. The van der Waals surface area contributed by atoms with Crippen LogP contribution in [-0.4, -0.2) is 103 Å². The van der Waals surface area contributed by atoms with Crippen LogP contribution in [0.2, 0.25) is 0 Å². The molecule has 0 radical (unpaired) electrons. The van der Waals surface area contributed by atoms with Gasteiger partial charge in [-0.2, -0.15) is 0 Å². The lowest BCUT2D eigenvalue weighted by atomic mass is 10.1. The number of thiazole rings is 1. The molecule has 5 aromatic rings. The molecule has 0 saturated carbocycles. The van der Waals surface area contributed by atoms with E-state index in [-0.39, 0.29) is 0 Å². The predicted molar refractivity (Wildman–Crippen MR) is 231 cm³/mol. The van der Waals surface area contributed by atoms with E-state index < -0.39 is 0 Å². The number of nitrogens with zero attached hydrogens (tertiary/aromatic N) is 3. The zero-order valence-electron chi connectivity index (χ0n) is 34.1. The summed E-state index contributed by atoms with van der Waals surface area (Å²) in [5, 5.41) is 0.990. The molecule has 1 aliphatic heterocycles. The Morgan fingerprint density at radius 2 is 1.12 bits per heavy atom. The first-order chi connectivity index (χ1) is 28.0. The number of para-hydroxylation sites is 1. The summed E-state index contributed by atoms with van der Waals surface area (Å²) in [6.07, 6.45) is 10.7. The summed E-state index contributed by atoms with van der Waals surface area (Å²) < 4.78 is 41.2. The van der Waals surface area contributed by atoms with E-state index in [2.05, 4.69) is 21.9 Å². The fraction of sp³-hybridized carbons (Fsp3) is 0.413. The molecule has 6 rings (SSSR count). The maximum Gasteiger partial charge on any atom is 0.203 e. The van der Waals surface area contributed by atoms with Gasteiger partial charge in [-0.3, -0.25) is 0 Å². The van der Waals surface area contributed by atoms with Crippen molar-refractivity contribution in [2.45, 2.75) is 38.5 Å². The van der Waals surface area contributed by atoms with Gasteiger partial charge in [0.25, 0.3) is 0 Å². The smallest absolute Gasteiger partial charge is 0.203 e. The second-order valence-corrected chi connectivity index (χ2v) is 15.1. The molecular formula is C46H57N3O7S. The highest BCUT2D eigenvalue weighted by Crippen LogP contribution is 2.39. The summed E-state index contributed by atoms with van der Waals surface area (Å²) in [5.41, 5.74) is 4.01. The van der Waals surface area contributed by atoms with E-state index in [1.165, 1.54) is 17.5 Å². The van der Waals surface area contributed by atoms with Crippen molar-refractivity contribution in [1.82, 2.24) is 14.8 Å². The molecule has 0 aliphatic carbocycles. The van der Waals surface area contributed by atoms with Gasteiger partial charge in [0.05, 0.1) is 59.0 Å². The predicted octanol–water partition coefficient (Wildman–Crippen LogP) is 9.59. The van der Waals surface area contributed by atoms with Gasteiger partial charge in [0.15, 0.2) is 34.5 Å². The molecular weight excluding hydrogens is 739 g/mol. The first-order valence-electron chi connectivity index (χ1n) is 19.9. The van der Waals surface area contributed by atoms with Crippen LogP contribution < -0.4 is 33.2 Å². The van der Waals surface area contributed by atoms with Crippen molar-refractivity contribution < 1.29 is 33.2 Å². The van der Waals surface area contributed by atoms with Gasteiger partial charge in [-0.25, -0.2) is 4.98 Å². The average Bonchev–Trinajstić information content (AvgIpc) is 3.70. The summed E-state index contributed by atoms with van der Waals surface area (Å²) in [5.74, 6) is 4.82. The Morgan fingerprint density at radius 3 is 1.74 bits per heavy atom. The lowest BCUT2D eigenvalue weighted by molar-refractivity contribution is 0.128. The summed E-state index contributed by atoms with van der Waals surface area (Å²) in [6, 6.07) is 24.2. The number of benzene rings is 4. The van der Waals surface area contributed by atoms with E-state index in [1.54, 1.807) is 46.9 Å². The van der Waals surface area contributed by atoms with Crippen LogP contribution in [0.4, 0.5) is 0 Å². The molecule has 0 unspecified atom stereocenters. The number of unbranched alkanes of at least 4 members (excludes halogenated alkanes) is 4. The van der Waals surface area contributed by atoms with E-state index in [9.17, 15) is 0 Å². The Morgan fingerprint density at radius 1 is 0.544 bits per heavy atom. The second kappa shape index (κ2) is 21.5. The topological polar surface area (TPSA) is 84.0 Å². The number of aromatic nitrogens is 1. The van der Waals surface area contributed by atoms with Crippen LogP contribution in [-0.2, 0) is 0 Å². The molecule has 2 heterocycles. The highest BCUT2D eigenvalue weighted by Gasteiger charge is 2.17. The molecule has 1 saturated heterocycles. The zero-order chi connectivity index (χ0) is 39.8. The molecule has 10 nitrogen and oxygen atoms in total. The van der Waals surface area contributed by atoms with E-state index in [0.29, 0.717) is 30.5 Å². The first-order valence-corrected chi connectivity index (χ1v) is 20.7. The minimum absolute atomic E-state index is 0.572. The van der Waals surface area contributed by atoms with Crippen molar-refractivity contribution in [1.29, 1.82) is 0 Å². The molecule has 0 bridgehead atoms. The van der Waals surface area contributed by atoms with Crippen molar-refractivity contribution in [2.75, 3.05) is 88.0 Å². The maximum absolute atomic E-state index is 6.20. The minimum atomic E-state index is 0.572. The number of methoxy groups -OCH3 is 5. The van der Waals surface area contributed by atoms with Crippen LogP contribution in [0.5, 0.6) is 40.2 Å². The van der Waals surface area contributed by atoms with Crippen molar-refractivity contribution >= 4 is 33.7 Å². The van der Waals surface area contributed by atoms with Gasteiger partial charge in [-0.15, -0.1) is 11.3 Å². The average molecular weight is 796 g/mol. The van der Waals surface area contributed by atoms with Crippen molar-refractivity contribution in [3.63, 3.8) is 0 Å². The summed E-state index contributed by atoms with van der Waals surface area (Å²) in [6.45, 7) is 8.19. The highest BCUT2D eigenvalue weighted by atomic mass is 32.1. The van der Waals surface area contributed by atoms with Crippen LogP contribution in [0.15, 0.2) is 72.8 Å². The maximum atomic E-state index is 6.20. The monoisotopic (exact) mass is 795 g/mol. The third kappa shape index (κ3) is 11.6. The van der Waals surface area contributed by atoms with E-state index >= 15 is 0 Å². The fourth-order valence-electron chi connectivity index (χ4n) is 7.04.